The molecule has 0 heterocycles. The van der Waals surface area contributed by atoms with Crippen LogP contribution in [0.15, 0.2) is 24.3 Å². The highest BCUT2D eigenvalue weighted by atomic mass is 32.1. The lowest BCUT2D eigenvalue weighted by Crippen LogP contribution is -2.40. The van der Waals surface area contributed by atoms with Crippen molar-refractivity contribution in [2.45, 2.75) is 78.9 Å². The zero-order valence-corrected chi connectivity index (χ0v) is 23.2. The van der Waals surface area contributed by atoms with Gasteiger partial charge >= 0.3 is 12.1 Å². The zero-order valence-electron chi connectivity index (χ0n) is 22.3. The molecule has 1 aromatic rings. The Morgan fingerprint density at radius 3 is 2.15 bits per heavy atom. The topological polar surface area (TPSA) is 97.9 Å². The van der Waals surface area contributed by atoms with Crippen molar-refractivity contribution >= 4 is 24.9 Å². The Hall–Kier alpha value is -1.97. The Morgan fingerprint density at radius 1 is 1.06 bits per heavy atom. The van der Waals surface area contributed by atoms with E-state index in [9.17, 15) is 9.59 Å². The van der Waals surface area contributed by atoms with Gasteiger partial charge in [0.05, 0.1) is 19.3 Å². The number of carbonyl (C=O) groups excluding carboxylic acids is 2. The summed E-state index contributed by atoms with van der Waals surface area (Å²) in [5.41, 5.74) is 0.105. The number of methoxy groups -OCH3 is 1. The van der Waals surface area contributed by atoms with Crippen LogP contribution < -0.4 is 20.1 Å². The molecular formula is C25H47N3O5S. The first-order chi connectivity index (χ1) is 16.2. The fraction of sp³-hybridized carbons (Fsp3) is 0.680. The van der Waals surface area contributed by atoms with Crippen molar-refractivity contribution in [3.63, 3.8) is 0 Å². The summed E-state index contributed by atoms with van der Waals surface area (Å²) in [6.45, 7) is 13.7. The molecule has 198 valence electrons. The van der Waals surface area contributed by atoms with Gasteiger partial charge in [-0.05, 0) is 77.9 Å². The van der Waals surface area contributed by atoms with Crippen molar-refractivity contribution in [2.75, 3.05) is 33.9 Å². The standard InChI is InChI=1S/C12H17NO3.C11H24N2O2S.C2H6/c1-13-8-3-9-16-12(14)10-4-6-11(15-2)7-5-10;1-5-6-9(7-8-12-16)13-10(14)15-11(2,3)4;1-2/h4-7,13H,3,8-9H2,1-2H3;9,12,16H,5-8H2,1-4H3,(H,13,14);1-2H3. The zero-order chi connectivity index (χ0) is 26.4. The summed E-state index contributed by atoms with van der Waals surface area (Å²) in [7, 11) is 3.45. The average molecular weight is 502 g/mol. The molecule has 0 aliphatic carbocycles. The maximum Gasteiger partial charge on any atom is 0.407 e. The van der Waals surface area contributed by atoms with E-state index < -0.39 is 5.60 Å². The van der Waals surface area contributed by atoms with E-state index in [1.807, 2.05) is 41.7 Å². The number of rotatable bonds is 12. The minimum Gasteiger partial charge on any atom is -0.497 e. The molecule has 1 atom stereocenters. The number of hydrogen-bond donors (Lipinski definition) is 4. The molecule has 0 aliphatic rings. The molecule has 1 rings (SSSR count). The molecule has 0 spiro atoms. The Balaban J connectivity index is 0. The van der Waals surface area contributed by atoms with Crippen molar-refractivity contribution in [3.8, 4) is 5.75 Å². The highest BCUT2D eigenvalue weighted by Gasteiger charge is 2.18. The molecular weight excluding hydrogens is 454 g/mol. The molecule has 0 radical (unpaired) electrons. The van der Waals surface area contributed by atoms with Crippen LogP contribution in [-0.4, -0.2) is 57.6 Å². The molecule has 0 aromatic heterocycles. The molecule has 1 aromatic carbocycles. The number of ether oxygens (including phenoxy) is 3. The summed E-state index contributed by atoms with van der Waals surface area (Å²) in [6, 6.07) is 7.02. The van der Waals surface area contributed by atoms with Gasteiger partial charge in [0, 0.05) is 12.6 Å². The minimum atomic E-state index is -0.442. The Bertz CT molecular complexity index is 636. The fourth-order valence-corrected chi connectivity index (χ4v) is 2.70. The second kappa shape index (κ2) is 21.6. The van der Waals surface area contributed by atoms with E-state index >= 15 is 0 Å². The molecule has 0 saturated heterocycles. The molecule has 0 aliphatic heterocycles. The van der Waals surface area contributed by atoms with E-state index in [1.165, 1.54) is 0 Å². The number of benzene rings is 1. The molecule has 9 heteroatoms. The van der Waals surface area contributed by atoms with E-state index in [2.05, 4.69) is 35.1 Å². The summed E-state index contributed by atoms with van der Waals surface area (Å²) in [5, 5.41) is 5.86. The molecule has 34 heavy (non-hydrogen) atoms. The van der Waals surface area contributed by atoms with E-state index in [4.69, 9.17) is 14.2 Å². The van der Waals surface area contributed by atoms with Gasteiger partial charge in [0.25, 0.3) is 0 Å². The van der Waals surface area contributed by atoms with Crippen LogP contribution >= 0.6 is 12.8 Å². The van der Waals surface area contributed by atoms with Gasteiger partial charge in [-0.2, -0.15) is 0 Å². The van der Waals surface area contributed by atoms with Crippen LogP contribution in [-0.2, 0) is 9.47 Å². The lowest BCUT2D eigenvalue weighted by atomic mass is 10.1. The SMILES string of the molecule is CC.CCCC(CCNS)NC(=O)OC(C)(C)C.CNCCCOC(=O)c1ccc(OC)cc1. The van der Waals surface area contributed by atoms with E-state index in [0.29, 0.717) is 12.2 Å². The average Bonchev–Trinajstić information content (AvgIpc) is 2.81. The number of thiol groups is 1. The predicted molar refractivity (Wildman–Crippen MR) is 143 cm³/mol. The van der Waals surface area contributed by atoms with E-state index in [0.717, 1.165) is 44.5 Å². The Kier molecular flexibility index (Phi) is 21.7. The third-order valence-electron chi connectivity index (χ3n) is 4.09. The summed E-state index contributed by atoms with van der Waals surface area (Å²) in [5.74, 6) is 0.436. The Morgan fingerprint density at radius 2 is 1.68 bits per heavy atom. The van der Waals surface area contributed by atoms with Crippen molar-refractivity contribution in [1.29, 1.82) is 0 Å². The van der Waals surface area contributed by atoms with Crippen molar-refractivity contribution in [1.82, 2.24) is 15.4 Å². The summed E-state index contributed by atoms with van der Waals surface area (Å²) in [6.07, 6.45) is 3.32. The summed E-state index contributed by atoms with van der Waals surface area (Å²) < 4.78 is 18.1. The molecule has 0 fully saturated rings. The van der Waals surface area contributed by atoms with Crippen LogP contribution in [0.4, 0.5) is 4.79 Å². The van der Waals surface area contributed by atoms with Gasteiger partial charge in [0.1, 0.15) is 11.4 Å². The highest BCUT2D eigenvalue weighted by Crippen LogP contribution is 2.12. The lowest BCUT2D eigenvalue weighted by Gasteiger charge is -2.23. The van der Waals surface area contributed by atoms with Crippen LogP contribution in [0.3, 0.4) is 0 Å². The van der Waals surface area contributed by atoms with Crippen LogP contribution in [0.5, 0.6) is 5.75 Å². The summed E-state index contributed by atoms with van der Waals surface area (Å²) >= 11 is 3.93. The van der Waals surface area contributed by atoms with Gasteiger partial charge < -0.3 is 24.8 Å². The van der Waals surface area contributed by atoms with Gasteiger partial charge in [-0.25, -0.2) is 9.59 Å². The number of amides is 1. The smallest absolute Gasteiger partial charge is 0.407 e. The molecule has 0 saturated carbocycles. The largest absolute Gasteiger partial charge is 0.497 e. The van der Waals surface area contributed by atoms with Crippen molar-refractivity contribution < 1.29 is 23.8 Å². The van der Waals surface area contributed by atoms with Crippen molar-refractivity contribution in [3.05, 3.63) is 29.8 Å². The number of hydrogen-bond acceptors (Lipinski definition) is 8. The van der Waals surface area contributed by atoms with Gasteiger partial charge in [0.2, 0.25) is 0 Å². The maximum absolute atomic E-state index is 11.5. The fourth-order valence-electron chi connectivity index (χ4n) is 2.57. The van der Waals surface area contributed by atoms with E-state index in [1.54, 1.807) is 31.4 Å². The van der Waals surface area contributed by atoms with Crippen LogP contribution in [0.25, 0.3) is 0 Å². The number of alkyl carbamates (subject to hydrolysis) is 1. The molecule has 3 N–H and O–H groups in total. The lowest BCUT2D eigenvalue weighted by molar-refractivity contribution is 0.0489. The molecule has 0 bridgehead atoms. The number of nitrogens with one attached hydrogen (secondary N) is 3. The third-order valence-corrected chi connectivity index (χ3v) is 4.32. The van der Waals surface area contributed by atoms with Crippen molar-refractivity contribution in [2.24, 2.45) is 0 Å². The van der Waals surface area contributed by atoms with E-state index in [-0.39, 0.29) is 18.1 Å². The maximum atomic E-state index is 11.5. The van der Waals surface area contributed by atoms with Gasteiger partial charge in [0.15, 0.2) is 0 Å². The second-order valence-electron chi connectivity index (χ2n) is 8.15. The molecule has 8 nitrogen and oxygen atoms in total. The first-order valence-electron chi connectivity index (χ1n) is 12.0. The molecule has 1 amide bonds. The van der Waals surface area contributed by atoms with Gasteiger partial charge in [-0.3, -0.25) is 4.72 Å². The van der Waals surface area contributed by atoms with Gasteiger partial charge in [-0.1, -0.05) is 40.0 Å². The monoisotopic (exact) mass is 501 g/mol. The molecule has 1 unspecified atom stereocenters. The van der Waals surface area contributed by atoms with Crippen LogP contribution in [0.1, 0.15) is 77.6 Å². The number of esters is 1. The first-order valence-corrected chi connectivity index (χ1v) is 12.4. The highest BCUT2D eigenvalue weighted by molar-refractivity contribution is 7.78. The second-order valence-corrected chi connectivity index (χ2v) is 8.47. The summed E-state index contributed by atoms with van der Waals surface area (Å²) in [4.78, 5) is 23.1. The van der Waals surface area contributed by atoms with Crippen LogP contribution in [0, 0.1) is 0 Å². The quantitative estimate of drug-likeness (QED) is 0.182. The first kappa shape index (κ1) is 34.2. The Labute approximate surface area is 212 Å². The predicted octanol–water partition coefficient (Wildman–Crippen LogP) is 4.99. The minimum absolute atomic E-state index is 0.152. The van der Waals surface area contributed by atoms with Crippen LogP contribution in [0.2, 0.25) is 0 Å². The normalized spacial score (nSPS) is 11.1. The third kappa shape index (κ3) is 19.5. The number of carbonyl (C=O) groups is 2. The van der Waals surface area contributed by atoms with Gasteiger partial charge in [-0.15, -0.1) is 0 Å².